The number of oxazole rings is 1. The molecule has 0 saturated carbocycles. The summed E-state index contributed by atoms with van der Waals surface area (Å²) in [4.78, 5) is 60.0. The number of anilines is 4. The number of aryl methyl sites for hydroxylation is 2. The molecule has 59 heavy (non-hydrogen) atoms. The van der Waals surface area contributed by atoms with Gasteiger partial charge in [-0.05, 0) is 57.5 Å². The van der Waals surface area contributed by atoms with Crippen molar-refractivity contribution in [2.75, 3.05) is 10.6 Å². The summed E-state index contributed by atoms with van der Waals surface area (Å²) in [5.41, 5.74) is 4.60. The molecule has 0 atom stereocenters. The Morgan fingerprint density at radius 2 is 1.29 bits per heavy atom. The predicted octanol–water partition coefficient (Wildman–Crippen LogP) is 7.93. The SMILES string of the molecule is CCn1nc(-c2ccccc2)c(C(C)=O)c(Nc2cncc3ccccc23)c1=O.CCn1nc(-c2nc3ccccc3o2)c(C(C)=O)c(Nc2ccc(CO)cc2)c1=O. The van der Waals surface area contributed by atoms with E-state index in [1.54, 1.807) is 55.7 Å². The molecule has 14 nitrogen and oxygen atoms in total. The van der Waals surface area contributed by atoms with E-state index < -0.39 is 5.56 Å². The highest BCUT2D eigenvalue weighted by atomic mass is 16.3. The highest BCUT2D eigenvalue weighted by Crippen LogP contribution is 2.32. The third kappa shape index (κ3) is 8.15. The van der Waals surface area contributed by atoms with Gasteiger partial charge in [-0.1, -0.05) is 78.9 Å². The maximum atomic E-state index is 13.1. The zero-order valence-corrected chi connectivity index (χ0v) is 32.8. The van der Waals surface area contributed by atoms with Crippen LogP contribution in [0, 0.1) is 0 Å². The smallest absolute Gasteiger partial charge is 0.291 e. The van der Waals surface area contributed by atoms with Crippen molar-refractivity contribution < 1.29 is 19.1 Å². The van der Waals surface area contributed by atoms with Crippen LogP contribution in [0.25, 0.3) is 44.7 Å². The Balaban J connectivity index is 0.000000179. The average molecular weight is 789 g/mol. The number of Topliss-reactive ketones (excluding diaryl/α,β-unsaturated/α-hetero) is 2. The minimum atomic E-state index is -0.422. The zero-order chi connectivity index (χ0) is 41.6. The van der Waals surface area contributed by atoms with Crippen molar-refractivity contribution in [1.82, 2.24) is 29.5 Å². The molecule has 0 aliphatic rings. The van der Waals surface area contributed by atoms with E-state index in [4.69, 9.17) is 4.42 Å². The second-order valence-electron chi connectivity index (χ2n) is 13.4. The first kappa shape index (κ1) is 39.6. The van der Waals surface area contributed by atoms with Crippen LogP contribution >= 0.6 is 0 Å². The van der Waals surface area contributed by atoms with Crippen molar-refractivity contribution in [3.05, 3.63) is 153 Å². The van der Waals surface area contributed by atoms with Gasteiger partial charge in [-0.25, -0.2) is 14.3 Å². The van der Waals surface area contributed by atoms with Crippen molar-refractivity contribution in [3.63, 3.8) is 0 Å². The molecule has 4 aromatic heterocycles. The molecule has 0 unspecified atom stereocenters. The summed E-state index contributed by atoms with van der Waals surface area (Å²) in [6, 6.07) is 31.3. The lowest BCUT2D eigenvalue weighted by Crippen LogP contribution is -2.28. The number of hydrogen-bond acceptors (Lipinski definition) is 12. The number of aliphatic hydroxyl groups excluding tert-OH is 1. The normalized spacial score (nSPS) is 10.9. The van der Waals surface area contributed by atoms with Gasteiger partial charge in [0.25, 0.3) is 11.1 Å². The summed E-state index contributed by atoms with van der Waals surface area (Å²) in [7, 11) is 0. The molecule has 0 fully saturated rings. The first-order valence-corrected chi connectivity index (χ1v) is 18.9. The number of carbonyl (C=O) groups is 2. The summed E-state index contributed by atoms with van der Waals surface area (Å²) < 4.78 is 8.46. The Hall–Kier alpha value is -7.58. The van der Waals surface area contributed by atoms with E-state index in [1.165, 1.54) is 23.2 Å². The number of aliphatic hydroxyl groups is 1. The van der Waals surface area contributed by atoms with Gasteiger partial charge in [-0.15, -0.1) is 0 Å². The van der Waals surface area contributed by atoms with Crippen LogP contribution in [-0.4, -0.2) is 46.2 Å². The van der Waals surface area contributed by atoms with Gasteiger partial charge in [0.1, 0.15) is 22.6 Å². The zero-order valence-electron chi connectivity index (χ0n) is 32.8. The highest BCUT2D eigenvalue weighted by Gasteiger charge is 2.26. The van der Waals surface area contributed by atoms with E-state index in [9.17, 15) is 24.3 Å². The maximum Gasteiger partial charge on any atom is 0.291 e. The van der Waals surface area contributed by atoms with Crippen LogP contribution in [0.4, 0.5) is 22.7 Å². The van der Waals surface area contributed by atoms with Crippen molar-refractivity contribution in [2.24, 2.45) is 0 Å². The minimum Gasteiger partial charge on any atom is -0.435 e. The van der Waals surface area contributed by atoms with E-state index in [0.29, 0.717) is 41.3 Å². The molecule has 3 N–H and O–H groups in total. The lowest BCUT2D eigenvalue weighted by molar-refractivity contribution is 0.100. The number of hydrogen-bond donors (Lipinski definition) is 3. The van der Waals surface area contributed by atoms with Crippen LogP contribution in [-0.2, 0) is 19.7 Å². The second-order valence-corrected chi connectivity index (χ2v) is 13.4. The topological polar surface area (TPSA) is 187 Å². The molecule has 0 spiro atoms. The number of para-hydroxylation sites is 2. The van der Waals surface area contributed by atoms with E-state index in [0.717, 1.165) is 21.9 Å². The highest BCUT2D eigenvalue weighted by molar-refractivity contribution is 6.07. The Kier molecular flexibility index (Phi) is 11.6. The quantitative estimate of drug-likeness (QED) is 0.108. The molecular weight excluding hydrogens is 749 g/mol. The Bertz CT molecular complexity index is 2920. The molecule has 0 amide bonds. The third-order valence-electron chi connectivity index (χ3n) is 9.49. The van der Waals surface area contributed by atoms with Crippen molar-refractivity contribution in [2.45, 2.75) is 47.4 Å². The summed E-state index contributed by atoms with van der Waals surface area (Å²) in [5.74, 6) is -0.399. The summed E-state index contributed by atoms with van der Waals surface area (Å²) in [6.45, 7) is 7.07. The monoisotopic (exact) mass is 788 g/mol. The number of pyridine rings is 1. The van der Waals surface area contributed by atoms with E-state index in [-0.39, 0.29) is 57.8 Å². The molecule has 0 radical (unpaired) electrons. The Morgan fingerprint density at radius 3 is 1.93 bits per heavy atom. The first-order chi connectivity index (χ1) is 28.6. The van der Waals surface area contributed by atoms with E-state index >= 15 is 0 Å². The van der Waals surface area contributed by atoms with E-state index in [1.807, 2.05) is 73.7 Å². The molecule has 14 heteroatoms. The van der Waals surface area contributed by atoms with Gasteiger partial charge < -0.3 is 20.2 Å². The largest absolute Gasteiger partial charge is 0.435 e. The maximum absolute atomic E-state index is 13.1. The molecule has 0 bridgehead atoms. The fourth-order valence-electron chi connectivity index (χ4n) is 6.60. The summed E-state index contributed by atoms with van der Waals surface area (Å²) in [5, 5.41) is 26.2. The molecular formula is C45H40N8O6. The molecule has 8 aromatic rings. The summed E-state index contributed by atoms with van der Waals surface area (Å²) >= 11 is 0. The van der Waals surface area contributed by atoms with Crippen LogP contribution in [0.5, 0.6) is 0 Å². The van der Waals surface area contributed by atoms with Crippen LogP contribution < -0.4 is 21.8 Å². The predicted molar refractivity (Wildman–Crippen MR) is 227 cm³/mol. The minimum absolute atomic E-state index is 0.0846. The molecule has 4 aromatic carbocycles. The van der Waals surface area contributed by atoms with Crippen molar-refractivity contribution in [3.8, 4) is 22.8 Å². The van der Waals surface area contributed by atoms with Crippen molar-refractivity contribution >= 4 is 56.2 Å². The molecule has 4 heterocycles. The Morgan fingerprint density at radius 1 is 0.695 bits per heavy atom. The number of ketones is 2. The van der Waals surface area contributed by atoms with Crippen molar-refractivity contribution in [1.29, 1.82) is 0 Å². The molecule has 0 saturated heterocycles. The first-order valence-electron chi connectivity index (χ1n) is 18.9. The second kappa shape index (κ2) is 17.3. The summed E-state index contributed by atoms with van der Waals surface area (Å²) in [6.07, 6.45) is 3.42. The van der Waals surface area contributed by atoms with Crippen LogP contribution in [0.3, 0.4) is 0 Å². The fraction of sp³-hybridized carbons (Fsp3) is 0.156. The lowest BCUT2D eigenvalue weighted by Gasteiger charge is -2.16. The number of rotatable bonds is 11. The third-order valence-corrected chi connectivity index (χ3v) is 9.49. The van der Waals surface area contributed by atoms with Gasteiger partial charge in [0, 0.05) is 41.3 Å². The molecule has 8 rings (SSSR count). The molecule has 0 aliphatic carbocycles. The van der Waals surface area contributed by atoms with Gasteiger partial charge >= 0.3 is 0 Å². The van der Waals surface area contributed by atoms with Gasteiger partial charge in [0.15, 0.2) is 22.8 Å². The van der Waals surface area contributed by atoms with Gasteiger partial charge in [-0.2, -0.15) is 10.2 Å². The lowest BCUT2D eigenvalue weighted by atomic mass is 10.0. The molecule has 296 valence electrons. The number of fused-ring (bicyclic) bond motifs is 2. The Labute approximate surface area is 337 Å². The van der Waals surface area contributed by atoms with Gasteiger partial charge in [0.2, 0.25) is 5.89 Å². The number of carbonyl (C=O) groups excluding carboxylic acids is 2. The van der Waals surface area contributed by atoms with Crippen LogP contribution in [0.1, 0.15) is 54.0 Å². The fourth-order valence-corrected chi connectivity index (χ4v) is 6.60. The van der Waals surface area contributed by atoms with Crippen LogP contribution in [0.15, 0.2) is 130 Å². The number of nitrogens with zero attached hydrogens (tertiary/aromatic N) is 6. The average Bonchev–Trinajstić information content (AvgIpc) is 3.70. The number of nitrogens with one attached hydrogen (secondary N) is 2. The van der Waals surface area contributed by atoms with Gasteiger partial charge in [0.05, 0.1) is 29.6 Å². The number of benzene rings is 4. The number of aromatic nitrogens is 6. The van der Waals surface area contributed by atoms with Crippen LogP contribution in [0.2, 0.25) is 0 Å². The molecule has 0 aliphatic heterocycles. The van der Waals surface area contributed by atoms with E-state index in [2.05, 4.69) is 30.8 Å². The standard InChI is InChI=1S/C23H20N4O2.C22H20N4O4/c1-3-27-23(29)22(25-19-14-24-13-17-11-7-8-12-18(17)19)20(15(2)28)21(26-27)16-9-5-4-6-10-16;1-3-26-22(29)20(23-15-10-8-14(12-27)9-11-15)18(13(2)28)19(25-26)21-24-16-6-4-5-7-17(16)30-21/h4-14,25H,3H2,1-2H3;4-11,23,27H,3,12H2,1-2H3. The van der Waals surface area contributed by atoms with Gasteiger partial charge in [-0.3, -0.25) is 24.2 Å².